The zero-order chi connectivity index (χ0) is 13.2. The number of rotatable bonds is 5. The zero-order valence-electron chi connectivity index (χ0n) is 9.63. The lowest BCUT2D eigenvalue weighted by molar-refractivity contribution is 0.0252. The Morgan fingerprint density at radius 2 is 2.18 bits per heavy atom. The summed E-state index contributed by atoms with van der Waals surface area (Å²) in [5.41, 5.74) is 10.6. The molecule has 0 aromatic carbocycles. The van der Waals surface area contributed by atoms with Gasteiger partial charge in [-0.3, -0.25) is 9.48 Å². The quantitative estimate of drug-likeness (QED) is 0.672. The molecule has 0 aliphatic carbocycles. The Morgan fingerprint density at radius 1 is 1.59 bits per heavy atom. The topological polar surface area (TPSA) is 99.0 Å². The summed E-state index contributed by atoms with van der Waals surface area (Å²) < 4.78 is 27.2. The van der Waals surface area contributed by atoms with E-state index in [1.54, 1.807) is 6.92 Å². The second-order valence-corrected chi connectivity index (χ2v) is 3.71. The van der Waals surface area contributed by atoms with Gasteiger partial charge in [-0.1, -0.05) is 0 Å². The Morgan fingerprint density at radius 3 is 2.65 bits per heavy atom. The number of aromatic nitrogens is 2. The third-order valence-electron chi connectivity index (χ3n) is 2.28. The third-order valence-corrected chi connectivity index (χ3v) is 2.28. The van der Waals surface area contributed by atoms with Crippen LogP contribution in [0, 0.1) is 6.92 Å². The summed E-state index contributed by atoms with van der Waals surface area (Å²) in [5, 5.41) is 6.38. The van der Waals surface area contributed by atoms with Crippen molar-refractivity contribution in [2.45, 2.75) is 12.8 Å². The predicted molar refractivity (Wildman–Crippen MR) is 59.0 cm³/mol. The molecule has 1 aromatic rings. The van der Waals surface area contributed by atoms with E-state index in [1.165, 1.54) is 11.7 Å². The highest BCUT2D eigenvalue weighted by Crippen LogP contribution is 2.20. The molecule has 0 atom stereocenters. The van der Waals surface area contributed by atoms with Crippen molar-refractivity contribution in [1.82, 2.24) is 9.78 Å². The highest BCUT2D eigenvalue weighted by atomic mass is 19.3. The molecule has 0 aliphatic heterocycles. The molecule has 6 nitrogen and oxygen atoms in total. The number of aryl methyl sites for hydroxylation is 2. The molecule has 0 saturated heterocycles. The second-order valence-electron chi connectivity index (χ2n) is 3.71. The standard InChI is InChI=1S/C9H15F2N5O/c1-5-6(7(13)17)8(16(2)15-5)14-4-9(10,11)3-12/h14H,3-4,12H2,1-2H3,(H2,13,17). The number of carbonyl (C=O) groups is 1. The average molecular weight is 247 g/mol. The summed E-state index contributed by atoms with van der Waals surface area (Å²) in [7, 11) is 1.53. The number of alkyl halides is 2. The fourth-order valence-corrected chi connectivity index (χ4v) is 1.44. The minimum absolute atomic E-state index is 0.111. The number of nitrogens with one attached hydrogen (secondary N) is 1. The van der Waals surface area contributed by atoms with Crippen LogP contribution in [0.3, 0.4) is 0 Å². The molecule has 0 bridgehead atoms. The van der Waals surface area contributed by atoms with Crippen LogP contribution < -0.4 is 16.8 Å². The van der Waals surface area contributed by atoms with Crippen molar-refractivity contribution >= 4 is 11.7 Å². The number of nitrogens with zero attached hydrogens (tertiary/aromatic N) is 2. The highest BCUT2D eigenvalue weighted by molar-refractivity contribution is 5.98. The molecule has 0 radical (unpaired) electrons. The van der Waals surface area contributed by atoms with Crippen molar-refractivity contribution < 1.29 is 13.6 Å². The molecule has 96 valence electrons. The van der Waals surface area contributed by atoms with Crippen molar-refractivity contribution in [3.63, 3.8) is 0 Å². The van der Waals surface area contributed by atoms with Gasteiger partial charge in [0.25, 0.3) is 11.8 Å². The maximum absolute atomic E-state index is 13.0. The number of nitrogens with two attached hydrogens (primary N) is 2. The minimum Gasteiger partial charge on any atom is -0.365 e. The maximum atomic E-state index is 13.0. The van der Waals surface area contributed by atoms with Crippen molar-refractivity contribution in [2.75, 3.05) is 18.4 Å². The summed E-state index contributed by atoms with van der Waals surface area (Å²) in [6.45, 7) is 0.123. The van der Waals surface area contributed by atoms with E-state index in [-0.39, 0.29) is 11.4 Å². The first-order valence-electron chi connectivity index (χ1n) is 4.93. The van der Waals surface area contributed by atoms with Crippen LogP contribution >= 0.6 is 0 Å². The van der Waals surface area contributed by atoms with Gasteiger partial charge >= 0.3 is 0 Å². The average Bonchev–Trinajstić information content (AvgIpc) is 2.50. The molecule has 17 heavy (non-hydrogen) atoms. The van der Waals surface area contributed by atoms with Crippen LogP contribution in [0.15, 0.2) is 0 Å². The van der Waals surface area contributed by atoms with Gasteiger partial charge in [0.2, 0.25) is 0 Å². The lowest BCUT2D eigenvalue weighted by Gasteiger charge is -2.16. The molecular weight excluding hydrogens is 232 g/mol. The molecule has 0 spiro atoms. The minimum atomic E-state index is -3.05. The molecule has 0 fully saturated rings. The number of hydrogen-bond acceptors (Lipinski definition) is 4. The van der Waals surface area contributed by atoms with Crippen LogP contribution in [0.4, 0.5) is 14.6 Å². The molecule has 1 heterocycles. The van der Waals surface area contributed by atoms with Gasteiger partial charge in [0, 0.05) is 7.05 Å². The Balaban J connectivity index is 2.95. The van der Waals surface area contributed by atoms with Gasteiger partial charge in [-0.25, -0.2) is 8.78 Å². The molecule has 1 aromatic heterocycles. The normalized spacial score (nSPS) is 11.6. The van der Waals surface area contributed by atoms with E-state index in [1.807, 2.05) is 0 Å². The van der Waals surface area contributed by atoms with E-state index in [2.05, 4.69) is 10.4 Å². The summed E-state index contributed by atoms with van der Waals surface area (Å²) in [6, 6.07) is 0. The van der Waals surface area contributed by atoms with Crippen LogP contribution in [0.1, 0.15) is 16.1 Å². The number of carbonyl (C=O) groups excluding carboxylic acids is 1. The molecule has 1 amide bonds. The second kappa shape index (κ2) is 4.66. The molecule has 5 N–H and O–H groups in total. The SMILES string of the molecule is Cc1nn(C)c(NCC(F)(F)CN)c1C(N)=O. The van der Waals surface area contributed by atoms with Crippen LogP contribution in [-0.2, 0) is 7.05 Å². The predicted octanol–water partition coefficient (Wildman–Crippen LogP) is -0.167. The van der Waals surface area contributed by atoms with E-state index in [0.717, 1.165) is 0 Å². The van der Waals surface area contributed by atoms with Crippen LogP contribution in [0.2, 0.25) is 0 Å². The number of primary amides is 1. The molecule has 0 saturated carbocycles. The highest BCUT2D eigenvalue weighted by Gasteiger charge is 2.28. The summed E-state index contributed by atoms with van der Waals surface area (Å²) >= 11 is 0. The van der Waals surface area contributed by atoms with E-state index in [9.17, 15) is 13.6 Å². The van der Waals surface area contributed by atoms with Gasteiger partial charge in [-0.2, -0.15) is 5.10 Å². The van der Waals surface area contributed by atoms with Crippen molar-refractivity contribution in [2.24, 2.45) is 18.5 Å². The van der Waals surface area contributed by atoms with Crippen molar-refractivity contribution in [3.8, 4) is 0 Å². The van der Waals surface area contributed by atoms with Gasteiger partial charge in [0.15, 0.2) is 0 Å². The van der Waals surface area contributed by atoms with Crippen LogP contribution in [0.5, 0.6) is 0 Å². The molecule has 1 rings (SSSR count). The van der Waals surface area contributed by atoms with E-state index in [0.29, 0.717) is 5.69 Å². The van der Waals surface area contributed by atoms with Gasteiger partial charge in [-0.05, 0) is 6.92 Å². The Kier molecular flexibility index (Phi) is 3.66. The van der Waals surface area contributed by atoms with Crippen molar-refractivity contribution in [3.05, 3.63) is 11.3 Å². The number of amides is 1. The van der Waals surface area contributed by atoms with E-state index < -0.39 is 24.9 Å². The molecule has 8 heteroatoms. The van der Waals surface area contributed by atoms with Crippen LogP contribution in [0.25, 0.3) is 0 Å². The Hall–Kier alpha value is -1.70. The van der Waals surface area contributed by atoms with Gasteiger partial charge in [0.05, 0.1) is 18.8 Å². The first-order chi connectivity index (χ1) is 7.78. The number of anilines is 1. The van der Waals surface area contributed by atoms with Gasteiger partial charge in [-0.15, -0.1) is 0 Å². The summed E-state index contributed by atoms with van der Waals surface area (Å²) in [6.07, 6.45) is 0. The lowest BCUT2D eigenvalue weighted by Crippen LogP contribution is -2.36. The Labute approximate surface area is 97.0 Å². The zero-order valence-corrected chi connectivity index (χ0v) is 9.63. The molecular formula is C9H15F2N5O. The molecule has 0 unspecified atom stereocenters. The first-order valence-corrected chi connectivity index (χ1v) is 4.93. The number of halogens is 2. The maximum Gasteiger partial charge on any atom is 0.276 e. The first kappa shape index (κ1) is 13.4. The van der Waals surface area contributed by atoms with Gasteiger partial charge < -0.3 is 16.8 Å². The van der Waals surface area contributed by atoms with Crippen molar-refractivity contribution in [1.29, 1.82) is 0 Å². The number of hydrogen-bond donors (Lipinski definition) is 3. The van der Waals surface area contributed by atoms with E-state index >= 15 is 0 Å². The summed E-state index contributed by atoms with van der Waals surface area (Å²) in [4.78, 5) is 11.2. The fourth-order valence-electron chi connectivity index (χ4n) is 1.44. The lowest BCUT2D eigenvalue weighted by atomic mass is 10.2. The molecule has 0 aliphatic rings. The van der Waals surface area contributed by atoms with Gasteiger partial charge in [0.1, 0.15) is 11.4 Å². The van der Waals surface area contributed by atoms with E-state index in [4.69, 9.17) is 11.5 Å². The Bertz CT molecular complexity index is 429. The largest absolute Gasteiger partial charge is 0.365 e. The fraction of sp³-hybridized carbons (Fsp3) is 0.556. The third kappa shape index (κ3) is 2.90. The smallest absolute Gasteiger partial charge is 0.276 e. The van der Waals surface area contributed by atoms with Crippen LogP contribution in [-0.4, -0.2) is 34.7 Å². The summed E-state index contributed by atoms with van der Waals surface area (Å²) in [5.74, 6) is -3.59. The monoisotopic (exact) mass is 247 g/mol.